The largest absolute Gasteiger partial charge is 0.433 e. The summed E-state index contributed by atoms with van der Waals surface area (Å²) in [6.45, 7) is 6.39. The Morgan fingerprint density at radius 1 is 1.03 bits per heavy atom. The minimum Gasteiger partial charge on any atom is -0.369 e. The number of likely N-dealkylation sites (tertiary alicyclic amines) is 1. The maximum Gasteiger partial charge on any atom is 0.433 e. The van der Waals surface area contributed by atoms with Gasteiger partial charge in [0.15, 0.2) is 0 Å². The fourth-order valence-corrected chi connectivity index (χ4v) is 6.67. The normalized spacial score (nSPS) is 28.4. The first-order chi connectivity index (χ1) is 15.4. The molecule has 0 amide bonds. The summed E-state index contributed by atoms with van der Waals surface area (Å²) in [5.41, 5.74) is 1.58. The zero-order valence-corrected chi connectivity index (χ0v) is 17.9. The number of fused-ring (bicyclic) bond motifs is 1. The molecular weight excluding hydrogens is 415 g/mol. The van der Waals surface area contributed by atoms with E-state index in [1.807, 2.05) is 18.5 Å². The van der Waals surface area contributed by atoms with Gasteiger partial charge in [0.2, 0.25) is 0 Å². The van der Waals surface area contributed by atoms with Crippen LogP contribution in [0, 0.1) is 23.2 Å². The van der Waals surface area contributed by atoms with E-state index < -0.39 is 11.9 Å². The molecule has 1 aliphatic carbocycles. The molecule has 2 aromatic heterocycles. The van der Waals surface area contributed by atoms with Crippen LogP contribution < -0.4 is 10.2 Å². The van der Waals surface area contributed by atoms with Gasteiger partial charge in [0.1, 0.15) is 5.69 Å². The van der Waals surface area contributed by atoms with Crippen LogP contribution in [-0.4, -0.2) is 54.1 Å². The van der Waals surface area contributed by atoms with Crippen molar-refractivity contribution in [3.05, 3.63) is 54.1 Å². The molecule has 8 heteroatoms. The molecule has 1 saturated carbocycles. The van der Waals surface area contributed by atoms with E-state index in [-0.39, 0.29) is 0 Å². The molecule has 5 nitrogen and oxygen atoms in total. The third-order valence-corrected chi connectivity index (χ3v) is 8.13. The van der Waals surface area contributed by atoms with Crippen molar-refractivity contribution in [1.82, 2.24) is 20.2 Å². The summed E-state index contributed by atoms with van der Waals surface area (Å²) in [4.78, 5) is 12.9. The van der Waals surface area contributed by atoms with Crippen molar-refractivity contribution in [1.29, 1.82) is 0 Å². The lowest BCUT2D eigenvalue weighted by Gasteiger charge is -2.62. The molecular formula is C24H28F3N5. The fourth-order valence-electron chi connectivity index (χ4n) is 6.67. The molecule has 6 rings (SSSR count). The van der Waals surface area contributed by atoms with Crippen molar-refractivity contribution in [2.24, 2.45) is 23.2 Å². The minimum absolute atomic E-state index is 0.297. The summed E-state index contributed by atoms with van der Waals surface area (Å²) < 4.78 is 38.3. The number of alkyl halides is 3. The third kappa shape index (κ3) is 3.48. The van der Waals surface area contributed by atoms with Crippen LogP contribution in [0.2, 0.25) is 0 Å². The number of hydrogen-bond donors (Lipinski definition) is 1. The number of aromatic nitrogens is 2. The predicted molar refractivity (Wildman–Crippen MR) is 115 cm³/mol. The summed E-state index contributed by atoms with van der Waals surface area (Å²) in [5, 5.41) is 3.53. The average molecular weight is 444 g/mol. The fraction of sp³-hybridized carbons (Fsp3) is 0.583. The highest BCUT2D eigenvalue weighted by atomic mass is 19.4. The highest BCUT2D eigenvalue weighted by Gasteiger charge is 2.56. The van der Waals surface area contributed by atoms with Gasteiger partial charge in [-0.25, -0.2) is 4.98 Å². The molecule has 3 atom stereocenters. The van der Waals surface area contributed by atoms with Gasteiger partial charge in [0, 0.05) is 50.0 Å². The lowest BCUT2D eigenvalue weighted by Crippen LogP contribution is -2.63. The number of rotatable bonds is 4. The van der Waals surface area contributed by atoms with Crippen LogP contribution in [0.4, 0.5) is 18.9 Å². The zero-order chi connectivity index (χ0) is 21.9. The maximum atomic E-state index is 12.8. The number of halogens is 3. The van der Waals surface area contributed by atoms with E-state index in [1.54, 1.807) is 6.07 Å². The van der Waals surface area contributed by atoms with Gasteiger partial charge in [0.05, 0.1) is 11.9 Å². The highest BCUT2D eigenvalue weighted by Crippen LogP contribution is 2.58. The number of nitrogens with zero attached hydrogens (tertiary/aromatic N) is 4. The molecule has 3 saturated heterocycles. The van der Waals surface area contributed by atoms with Crippen LogP contribution in [0.5, 0.6) is 0 Å². The summed E-state index contributed by atoms with van der Waals surface area (Å²) in [5.74, 6) is 2.13. The van der Waals surface area contributed by atoms with Crippen molar-refractivity contribution in [2.75, 3.05) is 44.2 Å². The lowest BCUT2D eigenvalue weighted by molar-refractivity contribution is -0.141. The van der Waals surface area contributed by atoms with Crippen LogP contribution in [-0.2, 0) is 6.18 Å². The van der Waals surface area contributed by atoms with Gasteiger partial charge in [-0.15, -0.1) is 0 Å². The number of hydrogen-bond acceptors (Lipinski definition) is 5. The van der Waals surface area contributed by atoms with E-state index in [4.69, 9.17) is 0 Å². The predicted octanol–water partition coefficient (Wildman–Crippen LogP) is 3.60. The van der Waals surface area contributed by atoms with Gasteiger partial charge in [-0.3, -0.25) is 9.88 Å². The summed E-state index contributed by atoms with van der Waals surface area (Å²) in [6.07, 6.45) is 3.18. The number of pyridine rings is 2. The number of anilines is 1. The van der Waals surface area contributed by atoms with Crippen molar-refractivity contribution < 1.29 is 13.2 Å². The summed E-state index contributed by atoms with van der Waals surface area (Å²) >= 11 is 0. The Kier molecular flexibility index (Phi) is 4.73. The molecule has 4 fully saturated rings. The van der Waals surface area contributed by atoms with E-state index in [1.165, 1.54) is 24.6 Å². The standard InChI is InChI=1S/C24H28F3N5/c25-24(26,27)21-4-3-20(11-30-21)32-14-23(15-32)6-17(7-23)22(16-2-1-5-28-8-16)31-12-18-9-29-10-19(18)13-31/h1-5,8,11,17-19,22,29H,6-7,9-10,12-15H2. The molecule has 2 aromatic rings. The Morgan fingerprint density at radius 2 is 1.78 bits per heavy atom. The van der Waals surface area contributed by atoms with Gasteiger partial charge < -0.3 is 10.2 Å². The van der Waals surface area contributed by atoms with Crippen LogP contribution in [0.25, 0.3) is 0 Å². The van der Waals surface area contributed by atoms with E-state index in [9.17, 15) is 13.2 Å². The molecule has 3 unspecified atom stereocenters. The molecule has 5 heterocycles. The van der Waals surface area contributed by atoms with Crippen LogP contribution in [0.1, 0.15) is 30.1 Å². The van der Waals surface area contributed by atoms with Gasteiger partial charge >= 0.3 is 6.18 Å². The molecule has 170 valence electrons. The Morgan fingerprint density at radius 3 is 2.38 bits per heavy atom. The zero-order valence-electron chi connectivity index (χ0n) is 17.9. The van der Waals surface area contributed by atoms with Crippen molar-refractivity contribution in [3.8, 4) is 0 Å². The second-order valence-corrected chi connectivity index (χ2v) is 10.3. The Hall–Kier alpha value is -2.19. The summed E-state index contributed by atoms with van der Waals surface area (Å²) in [7, 11) is 0. The first-order valence-electron chi connectivity index (χ1n) is 11.5. The Bertz CT molecular complexity index is 938. The topological polar surface area (TPSA) is 44.3 Å². The lowest BCUT2D eigenvalue weighted by atomic mass is 9.55. The first-order valence-corrected chi connectivity index (χ1v) is 11.5. The van der Waals surface area contributed by atoms with Crippen LogP contribution in [0.3, 0.4) is 0 Å². The molecule has 0 bridgehead atoms. The smallest absolute Gasteiger partial charge is 0.369 e. The quantitative estimate of drug-likeness (QED) is 0.782. The summed E-state index contributed by atoms with van der Waals surface area (Å²) in [6, 6.07) is 7.31. The Labute approximate surface area is 186 Å². The van der Waals surface area contributed by atoms with E-state index in [2.05, 4.69) is 31.2 Å². The van der Waals surface area contributed by atoms with Crippen LogP contribution in [0.15, 0.2) is 42.9 Å². The third-order valence-electron chi connectivity index (χ3n) is 8.13. The molecule has 3 aliphatic heterocycles. The van der Waals surface area contributed by atoms with E-state index >= 15 is 0 Å². The molecule has 4 aliphatic rings. The van der Waals surface area contributed by atoms with E-state index in [0.717, 1.165) is 62.9 Å². The maximum absolute atomic E-state index is 12.8. The van der Waals surface area contributed by atoms with Gasteiger partial charge in [-0.2, -0.15) is 13.2 Å². The molecule has 0 aromatic carbocycles. The monoisotopic (exact) mass is 443 g/mol. The second kappa shape index (κ2) is 7.42. The molecule has 1 N–H and O–H groups in total. The van der Waals surface area contributed by atoms with Gasteiger partial charge in [-0.05, 0) is 67.4 Å². The highest BCUT2D eigenvalue weighted by molar-refractivity contribution is 5.49. The van der Waals surface area contributed by atoms with Gasteiger partial charge in [0.25, 0.3) is 0 Å². The SMILES string of the molecule is FC(F)(F)c1ccc(N2CC3(CC(C(c4cccnc4)N4CC5CNCC5C4)C3)C2)cn1. The molecule has 0 radical (unpaired) electrons. The Balaban J connectivity index is 1.12. The molecule has 32 heavy (non-hydrogen) atoms. The van der Waals surface area contributed by atoms with Gasteiger partial charge in [-0.1, -0.05) is 6.07 Å². The minimum atomic E-state index is -4.39. The van der Waals surface area contributed by atoms with E-state index in [0.29, 0.717) is 17.4 Å². The average Bonchev–Trinajstić information content (AvgIpc) is 3.31. The van der Waals surface area contributed by atoms with Crippen molar-refractivity contribution in [2.45, 2.75) is 25.1 Å². The van der Waals surface area contributed by atoms with Crippen molar-refractivity contribution >= 4 is 5.69 Å². The number of nitrogens with one attached hydrogen (secondary N) is 1. The molecule has 1 spiro atoms. The second-order valence-electron chi connectivity index (χ2n) is 10.3. The van der Waals surface area contributed by atoms with Crippen molar-refractivity contribution in [3.63, 3.8) is 0 Å². The van der Waals surface area contributed by atoms with Crippen LogP contribution >= 0.6 is 0 Å². The first kappa shape index (κ1) is 20.4.